The van der Waals surface area contributed by atoms with Crippen molar-refractivity contribution in [3.05, 3.63) is 0 Å². The van der Waals surface area contributed by atoms with Crippen LogP contribution >= 0.6 is 0 Å². The lowest BCUT2D eigenvalue weighted by molar-refractivity contribution is -0.142. The van der Waals surface area contributed by atoms with Crippen molar-refractivity contribution in [3.63, 3.8) is 0 Å². The first-order valence-electron chi connectivity index (χ1n) is 10.1. The zero-order chi connectivity index (χ0) is 17.6. The fourth-order valence-corrected chi connectivity index (χ4v) is 4.22. The molecule has 0 aliphatic carbocycles. The van der Waals surface area contributed by atoms with Gasteiger partial charge in [-0.3, -0.25) is 9.59 Å². The molecule has 3 heterocycles. The number of nitrogens with zero attached hydrogens (tertiary/aromatic N) is 3. The third kappa shape index (κ3) is 4.94. The summed E-state index contributed by atoms with van der Waals surface area (Å²) in [7, 11) is 0. The maximum absolute atomic E-state index is 12.4. The Morgan fingerprint density at radius 2 is 1.68 bits per heavy atom. The fourth-order valence-electron chi connectivity index (χ4n) is 4.22. The average Bonchev–Trinajstić information content (AvgIpc) is 3.21. The van der Waals surface area contributed by atoms with Crippen LogP contribution in [-0.4, -0.2) is 85.0 Å². The van der Waals surface area contributed by atoms with Gasteiger partial charge < -0.3 is 19.4 Å². The summed E-state index contributed by atoms with van der Waals surface area (Å²) >= 11 is 0. The van der Waals surface area contributed by atoms with Gasteiger partial charge >= 0.3 is 0 Å². The predicted molar refractivity (Wildman–Crippen MR) is 96.2 cm³/mol. The lowest BCUT2D eigenvalue weighted by Crippen LogP contribution is -2.48. The zero-order valence-corrected chi connectivity index (χ0v) is 15.6. The molecule has 0 N–H and O–H groups in total. The molecule has 3 aliphatic heterocycles. The van der Waals surface area contributed by atoms with Crippen molar-refractivity contribution in [2.24, 2.45) is 5.92 Å². The number of rotatable bonds is 5. The minimum Gasteiger partial charge on any atom is -0.368 e. The fraction of sp³-hybridized carbons (Fsp3) is 0.895. The minimum absolute atomic E-state index is 0.181. The summed E-state index contributed by atoms with van der Waals surface area (Å²) < 4.78 is 5.51. The highest BCUT2D eigenvalue weighted by Crippen LogP contribution is 2.24. The highest BCUT2D eigenvalue weighted by atomic mass is 16.5. The van der Waals surface area contributed by atoms with Crippen LogP contribution in [0.4, 0.5) is 0 Å². The van der Waals surface area contributed by atoms with Crippen LogP contribution in [0.5, 0.6) is 0 Å². The smallest absolute Gasteiger partial charge is 0.251 e. The first-order chi connectivity index (χ1) is 12.2. The van der Waals surface area contributed by atoms with Crippen molar-refractivity contribution in [2.75, 3.05) is 52.4 Å². The molecule has 6 nitrogen and oxygen atoms in total. The van der Waals surface area contributed by atoms with E-state index in [1.54, 1.807) is 0 Å². The number of carbonyl (C=O) groups is 2. The van der Waals surface area contributed by atoms with Crippen molar-refractivity contribution in [3.8, 4) is 0 Å². The number of likely N-dealkylation sites (N-methyl/N-ethyl adjacent to an activating group) is 1. The van der Waals surface area contributed by atoms with E-state index in [1.807, 2.05) is 9.80 Å². The van der Waals surface area contributed by atoms with Gasteiger partial charge in [0.1, 0.15) is 6.10 Å². The van der Waals surface area contributed by atoms with Gasteiger partial charge in [0, 0.05) is 52.3 Å². The second kappa shape index (κ2) is 8.99. The van der Waals surface area contributed by atoms with Gasteiger partial charge in [-0.25, -0.2) is 0 Å². The largest absolute Gasteiger partial charge is 0.368 e. The number of ether oxygens (including phenoxy) is 1. The van der Waals surface area contributed by atoms with Crippen LogP contribution in [0.25, 0.3) is 0 Å². The molecule has 0 bridgehead atoms. The Hall–Kier alpha value is -1.14. The molecule has 3 rings (SSSR count). The van der Waals surface area contributed by atoms with Crippen LogP contribution in [0.2, 0.25) is 0 Å². The molecule has 3 aliphatic rings. The highest BCUT2D eigenvalue weighted by molar-refractivity contribution is 5.81. The molecule has 0 radical (unpaired) electrons. The van der Waals surface area contributed by atoms with E-state index in [0.29, 0.717) is 18.2 Å². The molecule has 0 aromatic heterocycles. The van der Waals surface area contributed by atoms with Crippen LogP contribution in [-0.2, 0) is 14.3 Å². The standard InChI is InChI=1S/C19H33N3O3/c1-2-20-11-13-21(14-12-20)18(23)6-5-16-7-9-22(10-8-16)19(24)17-4-3-15-25-17/h16-17H,2-15H2,1H3. The molecule has 6 heteroatoms. The van der Waals surface area contributed by atoms with Crippen molar-refractivity contribution < 1.29 is 14.3 Å². The van der Waals surface area contributed by atoms with Gasteiger partial charge in [-0.2, -0.15) is 0 Å². The monoisotopic (exact) mass is 351 g/mol. The Kier molecular flexibility index (Phi) is 6.70. The van der Waals surface area contributed by atoms with E-state index in [1.165, 1.54) is 0 Å². The summed E-state index contributed by atoms with van der Waals surface area (Å²) in [4.78, 5) is 31.2. The molecule has 3 saturated heterocycles. The SMILES string of the molecule is CCN1CCN(C(=O)CCC2CCN(C(=O)C3CCCO3)CC2)CC1. The quantitative estimate of drug-likeness (QED) is 0.750. The highest BCUT2D eigenvalue weighted by Gasteiger charge is 2.31. The van der Waals surface area contributed by atoms with Crippen LogP contribution in [0.15, 0.2) is 0 Å². The van der Waals surface area contributed by atoms with E-state index >= 15 is 0 Å². The number of piperazine rings is 1. The Morgan fingerprint density at radius 1 is 0.960 bits per heavy atom. The summed E-state index contributed by atoms with van der Waals surface area (Å²) in [6, 6.07) is 0. The van der Waals surface area contributed by atoms with E-state index in [9.17, 15) is 9.59 Å². The number of hydrogen-bond acceptors (Lipinski definition) is 4. The number of hydrogen-bond donors (Lipinski definition) is 0. The van der Waals surface area contributed by atoms with Gasteiger partial charge in [0.15, 0.2) is 0 Å². The van der Waals surface area contributed by atoms with Crippen LogP contribution < -0.4 is 0 Å². The van der Waals surface area contributed by atoms with Crippen molar-refractivity contribution in [2.45, 2.75) is 51.6 Å². The summed E-state index contributed by atoms with van der Waals surface area (Å²) in [5.41, 5.74) is 0. The average molecular weight is 351 g/mol. The Morgan fingerprint density at radius 3 is 2.28 bits per heavy atom. The molecule has 0 aromatic carbocycles. The van der Waals surface area contributed by atoms with Crippen LogP contribution in [0, 0.1) is 5.92 Å². The van der Waals surface area contributed by atoms with Gasteiger partial charge in [0.05, 0.1) is 0 Å². The van der Waals surface area contributed by atoms with E-state index in [-0.39, 0.29) is 12.0 Å². The van der Waals surface area contributed by atoms with Crippen molar-refractivity contribution >= 4 is 11.8 Å². The number of likely N-dealkylation sites (tertiary alicyclic amines) is 1. The van der Waals surface area contributed by atoms with Crippen molar-refractivity contribution in [1.82, 2.24) is 14.7 Å². The normalized spacial score (nSPS) is 26.2. The third-order valence-electron chi connectivity index (χ3n) is 6.07. The van der Waals surface area contributed by atoms with Crippen molar-refractivity contribution in [1.29, 1.82) is 0 Å². The zero-order valence-electron chi connectivity index (χ0n) is 15.6. The lowest BCUT2D eigenvalue weighted by atomic mass is 9.91. The Balaban J connectivity index is 1.33. The molecular formula is C19H33N3O3. The summed E-state index contributed by atoms with van der Waals surface area (Å²) in [5, 5.41) is 0. The molecule has 0 aromatic rings. The number of piperidine rings is 1. The number of carbonyl (C=O) groups excluding carboxylic acids is 2. The molecule has 1 unspecified atom stereocenters. The second-order valence-electron chi connectivity index (χ2n) is 7.62. The first-order valence-corrected chi connectivity index (χ1v) is 10.1. The minimum atomic E-state index is -0.195. The molecule has 0 spiro atoms. The van der Waals surface area contributed by atoms with Gasteiger partial charge in [0.25, 0.3) is 5.91 Å². The maximum Gasteiger partial charge on any atom is 0.251 e. The van der Waals surface area contributed by atoms with Gasteiger partial charge in [-0.05, 0) is 44.6 Å². The molecule has 142 valence electrons. The Labute approximate surface area is 151 Å². The first kappa shape index (κ1) is 18.6. The Bertz CT molecular complexity index is 449. The molecular weight excluding hydrogens is 318 g/mol. The van der Waals surface area contributed by atoms with Gasteiger partial charge in [0.2, 0.25) is 5.91 Å². The number of amides is 2. The van der Waals surface area contributed by atoms with Crippen LogP contribution in [0.1, 0.15) is 45.4 Å². The topological polar surface area (TPSA) is 53.1 Å². The molecule has 2 amide bonds. The molecule has 3 fully saturated rings. The molecule has 25 heavy (non-hydrogen) atoms. The maximum atomic E-state index is 12.4. The van der Waals surface area contributed by atoms with E-state index in [4.69, 9.17) is 4.74 Å². The summed E-state index contributed by atoms with van der Waals surface area (Å²) in [6.07, 6.45) is 5.36. The van der Waals surface area contributed by atoms with E-state index in [0.717, 1.165) is 84.5 Å². The predicted octanol–water partition coefficient (Wildman–Crippen LogP) is 1.35. The summed E-state index contributed by atoms with van der Waals surface area (Å²) in [6.45, 7) is 9.39. The van der Waals surface area contributed by atoms with E-state index < -0.39 is 0 Å². The van der Waals surface area contributed by atoms with Crippen LogP contribution in [0.3, 0.4) is 0 Å². The van der Waals surface area contributed by atoms with Gasteiger partial charge in [-0.15, -0.1) is 0 Å². The lowest BCUT2D eigenvalue weighted by Gasteiger charge is -2.35. The summed E-state index contributed by atoms with van der Waals surface area (Å²) in [5.74, 6) is 1.07. The molecule has 1 atom stereocenters. The van der Waals surface area contributed by atoms with E-state index in [2.05, 4.69) is 11.8 Å². The molecule has 0 saturated carbocycles. The third-order valence-corrected chi connectivity index (χ3v) is 6.07. The second-order valence-corrected chi connectivity index (χ2v) is 7.62. The van der Waals surface area contributed by atoms with Gasteiger partial charge in [-0.1, -0.05) is 6.92 Å².